The first-order valence-corrected chi connectivity index (χ1v) is 16.6. The summed E-state index contributed by atoms with van der Waals surface area (Å²) in [6, 6.07) is 2.38. The van der Waals surface area contributed by atoms with Crippen molar-refractivity contribution in [1.29, 1.82) is 0 Å². The van der Waals surface area contributed by atoms with Gasteiger partial charge in [0.05, 0.1) is 0 Å². The molecule has 0 N–H and O–H groups in total. The molecule has 2 nitrogen and oxygen atoms in total. The Labute approximate surface area is 198 Å². The summed E-state index contributed by atoms with van der Waals surface area (Å²) in [4.78, 5) is 0. The second-order valence-electron chi connectivity index (χ2n) is 9.89. The molecule has 0 aromatic rings. The fraction of sp³-hybridized carbons (Fsp3) is 1.00. The molecule has 188 valence electrons. The first kappa shape index (κ1) is 31.1. The minimum absolute atomic E-state index is 1.19. The molecular weight excluding hydrogens is 396 g/mol. The van der Waals surface area contributed by atoms with Gasteiger partial charge in [-0.25, -0.2) is 0 Å². The highest BCUT2D eigenvalue weighted by Gasteiger charge is 2.33. The van der Waals surface area contributed by atoms with E-state index in [1.807, 2.05) is 14.2 Å². The van der Waals surface area contributed by atoms with Crippen LogP contribution in [0.4, 0.5) is 0 Å². The van der Waals surface area contributed by atoms with E-state index in [2.05, 4.69) is 13.8 Å². The lowest BCUT2D eigenvalue weighted by molar-refractivity contribution is 0.238. The summed E-state index contributed by atoms with van der Waals surface area (Å²) in [7, 11) is 1.86. The normalized spacial score (nSPS) is 12.0. The van der Waals surface area contributed by atoms with Gasteiger partial charge in [0.15, 0.2) is 0 Å². The fourth-order valence-electron chi connectivity index (χ4n) is 4.73. The van der Waals surface area contributed by atoms with Crippen LogP contribution in [0.3, 0.4) is 0 Å². The molecule has 0 aromatic heterocycles. The van der Waals surface area contributed by atoms with E-state index in [0.29, 0.717) is 0 Å². The summed E-state index contributed by atoms with van der Waals surface area (Å²) in [6.45, 7) is 4.59. The molecule has 0 atom stereocenters. The van der Waals surface area contributed by atoms with Crippen LogP contribution in [0.25, 0.3) is 0 Å². The Morgan fingerprint density at radius 2 is 0.581 bits per heavy atom. The second-order valence-corrected chi connectivity index (χ2v) is 13.5. The van der Waals surface area contributed by atoms with Crippen molar-refractivity contribution in [3.05, 3.63) is 0 Å². The summed E-state index contributed by atoms with van der Waals surface area (Å²) in [6.07, 6.45) is 30.9. The van der Waals surface area contributed by atoms with Crippen LogP contribution in [0, 0.1) is 0 Å². The molecule has 0 aliphatic carbocycles. The van der Waals surface area contributed by atoms with E-state index in [1.165, 1.54) is 153 Å². The van der Waals surface area contributed by atoms with E-state index < -0.39 is 8.56 Å². The molecule has 0 aromatic carbocycles. The van der Waals surface area contributed by atoms with Gasteiger partial charge in [-0.05, 0) is 12.1 Å². The lowest BCUT2D eigenvalue weighted by Gasteiger charge is -2.27. The smallest absolute Gasteiger partial charge is 0.337 e. The molecule has 0 radical (unpaired) electrons. The molecule has 0 spiro atoms. The maximum Gasteiger partial charge on any atom is 0.337 e. The van der Waals surface area contributed by atoms with Gasteiger partial charge in [0.1, 0.15) is 0 Å². The summed E-state index contributed by atoms with van der Waals surface area (Å²) >= 11 is 0. The Morgan fingerprint density at radius 1 is 0.355 bits per heavy atom. The van der Waals surface area contributed by atoms with E-state index >= 15 is 0 Å². The minimum Gasteiger partial charge on any atom is -0.398 e. The number of hydrogen-bond donors (Lipinski definition) is 0. The Morgan fingerprint density at radius 3 is 0.806 bits per heavy atom. The van der Waals surface area contributed by atoms with Gasteiger partial charge in [0.2, 0.25) is 0 Å². The summed E-state index contributed by atoms with van der Waals surface area (Å²) in [5.74, 6) is 0. The van der Waals surface area contributed by atoms with E-state index in [1.54, 1.807) is 0 Å². The largest absolute Gasteiger partial charge is 0.398 e. The zero-order valence-corrected chi connectivity index (χ0v) is 23.3. The third kappa shape index (κ3) is 20.5. The topological polar surface area (TPSA) is 18.5 Å². The van der Waals surface area contributed by atoms with Gasteiger partial charge in [-0.1, -0.05) is 155 Å². The quantitative estimate of drug-likeness (QED) is 0.0951. The lowest BCUT2D eigenvalue weighted by Crippen LogP contribution is -2.39. The van der Waals surface area contributed by atoms with Crippen molar-refractivity contribution in [2.45, 2.75) is 167 Å². The van der Waals surface area contributed by atoms with Crippen molar-refractivity contribution in [2.24, 2.45) is 0 Å². The third-order valence-corrected chi connectivity index (χ3v) is 10.8. The molecule has 0 saturated carbocycles. The maximum atomic E-state index is 5.98. The molecule has 0 rings (SSSR count). The molecule has 0 aliphatic heterocycles. The summed E-state index contributed by atoms with van der Waals surface area (Å²) < 4.78 is 12.0. The molecule has 0 heterocycles. The maximum absolute atomic E-state index is 5.98. The van der Waals surface area contributed by atoms with Crippen molar-refractivity contribution >= 4 is 8.56 Å². The van der Waals surface area contributed by atoms with Gasteiger partial charge in [-0.15, -0.1) is 0 Å². The van der Waals surface area contributed by atoms with Crippen LogP contribution in [-0.2, 0) is 8.85 Å². The molecule has 0 unspecified atom stereocenters. The average Bonchev–Trinajstić information content (AvgIpc) is 2.79. The van der Waals surface area contributed by atoms with Crippen LogP contribution in [0.15, 0.2) is 0 Å². The Kier molecular flexibility index (Phi) is 24.9. The van der Waals surface area contributed by atoms with Crippen molar-refractivity contribution in [1.82, 2.24) is 0 Å². The third-order valence-electron chi connectivity index (χ3n) is 7.07. The Balaban J connectivity index is 3.56. The van der Waals surface area contributed by atoms with Crippen LogP contribution in [0.2, 0.25) is 12.1 Å². The van der Waals surface area contributed by atoms with Crippen LogP contribution < -0.4 is 0 Å². The zero-order valence-electron chi connectivity index (χ0n) is 22.3. The summed E-state index contributed by atoms with van der Waals surface area (Å²) in [5, 5.41) is 0. The number of unbranched alkanes of at least 4 members (excludes halogenated alkanes) is 20. The molecule has 0 aliphatic rings. The highest BCUT2D eigenvalue weighted by molar-refractivity contribution is 6.67. The molecule has 0 fully saturated rings. The van der Waals surface area contributed by atoms with Crippen molar-refractivity contribution in [3.63, 3.8) is 0 Å². The predicted octanol–water partition coefficient (Wildman–Crippen LogP) is 10.3. The predicted molar refractivity (Wildman–Crippen MR) is 142 cm³/mol. The minimum atomic E-state index is -1.93. The van der Waals surface area contributed by atoms with Crippen LogP contribution in [0.1, 0.15) is 155 Å². The standard InChI is InChI=1S/C28H60O2Si/c1-5-7-9-11-13-15-16-17-18-19-20-22-24-26-28-31(29-3,30-4)27-25-23-21-14-12-10-8-6-2/h5-28H2,1-4H3. The first-order chi connectivity index (χ1) is 15.2. The molecule has 0 amide bonds. The van der Waals surface area contributed by atoms with Crippen LogP contribution >= 0.6 is 0 Å². The van der Waals surface area contributed by atoms with Crippen LogP contribution in [0.5, 0.6) is 0 Å². The van der Waals surface area contributed by atoms with E-state index in [4.69, 9.17) is 8.85 Å². The van der Waals surface area contributed by atoms with Crippen molar-refractivity contribution < 1.29 is 8.85 Å². The number of rotatable bonds is 26. The van der Waals surface area contributed by atoms with Gasteiger partial charge < -0.3 is 8.85 Å². The van der Waals surface area contributed by atoms with Crippen molar-refractivity contribution in [3.8, 4) is 0 Å². The van der Waals surface area contributed by atoms with Gasteiger partial charge in [0, 0.05) is 14.2 Å². The monoisotopic (exact) mass is 456 g/mol. The lowest BCUT2D eigenvalue weighted by atomic mass is 10.0. The Hall–Kier alpha value is 0.137. The highest BCUT2D eigenvalue weighted by atomic mass is 28.4. The van der Waals surface area contributed by atoms with Gasteiger partial charge in [-0.2, -0.15) is 0 Å². The molecule has 3 heteroatoms. The second kappa shape index (κ2) is 24.8. The van der Waals surface area contributed by atoms with Crippen molar-refractivity contribution in [2.75, 3.05) is 14.2 Å². The van der Waals surface area contributed by atoms with Gasteiger partial charge in [0.25, 0.3) is 0 Å². The molecule has 0 saturated heterocycles. The fourth-order valence-corrected chi connectivity index (χ4v) is 7.54. The van der Waals surface area contributed by atoms with Crippen LogP contribution in [-0.4, -0.2) is 22.8 Å². The van der Waals surface area contributed by atoms with E-state index in [9.17, 15) is 0 Å². The van der Waals surface area contributed by atoms with Gasteiger partial charge in [-0.3, -0.25) is 0 Å². The average molecular weight is 457 g/mol. The Bertz CT molecular complexity index is 331. The number of hydrogen-bond acceptors (Lipinski definition) is 2. The summed E-state index contributed by atoms with van der Waals surface area (Å²) in [5.41, 5.74) is 0. The zero-order chi connectivity index (χ0) is 22.9. The molecule has 0 bridgehead atoms. The molecular formula is C28H60O2Si. The SMILES string of the molecule is CCCCCCCCCCCCCCCC[Si](CCCCCCCCCC)(OC)OC. The molecule has 31 heavy (non-hydrogen) atoms. The highest BCUT2D eigenvalue weighted by Crippen LogP contribution is 2.25. The van der Waals surface area contributed by atoms with E-state index in [0.717, 1.165) is 0 Å². The van der Waals surface area contributed by atoms with Gasteiger partial charge >= 0.3 is 8.56 Å². The van der Waals surface area contributed by atoms with E-state index in [-0.39, 0.29) is 0 Å². The first-order valence-electron chi connectivity index (χ1n) is 14.3.